The molecule has 0 aliphatic carbocycles. The van der Waals surface area contributed by atoms with Gasteiger partial charge in [-0.05, 0) is 6.08 Å². The van der Waals surface area contributed by atoms with E-state index in [0.29, 0.717) is 12.6 Å². The van der Waals surface area contributed by atoms with Gasteiger partial charge in [-0.25, -0.2) is 0 Å². The van der Waals surface area contributed by atoms with Crippen molar-refractivity contribution in [2.24, 2.45) is 0 Å². The van der Waals surface area contributed by atoms with Crippen molar-refractivity contribution >= 4 is 12.6 Å². The fourth-order valence-corrected chi connectivity index (χ4v) is 0.351. The summed E-state index contributed by atoms with van der Waals surface area (Å²) in [5, 5.41) is 8.70. The van der Waals surface area contributed by atoms with E-state index < -0.39 is 6.10 Å². The fraction of sp³-hybridized carbons (Fsp3) is 0.333. The van der Waals surface area contributed by atoms with Crippen molar-refractivity contribution in [2.75, 3.05) is 0 Å². The van der Waals surface area contributed by atoms with Crippen molar-refractivity contribution in [3.8, 4) is 0 Å². The van der Waals surface area contributed by atoms with Gasteiger partial charge in [-0.1, -0.05) is 6.08 Å². The molecule has 0 rings (SSSR count). The first-order chi connectivity index (χ1) is 4.31. The maximum Gasteiger partial charge on any atom is 0.142 e. The largest absolute Gasteiger partial charge is 0.389 e. The van der Waals surface area contributed by atoms with E-state index in [1.165, 1.54) is 6.08 Å². The molecule has 0 bridgehead atoms. The molecular formula is C6H8O3. The van der Waals surface area contributed by atoms with E-state index in [-0.39, 0.29) is 6.42 Å². The molecule has 3 heteroatoms. The van der Waals surface area contributed by atoms with E-state index >= 15 is 0 Å². The molecule has 0 aliphatic rings. The number of rotatable bonds is 4. The SMILES string of the molecule is O=CC=CC(O)CC=O. The third kappa shape index (κ3) is 4.90. The van der Waals surface area contributed by atoms with Crippen molar-refractivity contribution in [3.05, 3.63) is 12.2 Å². The maximum absolute atomic E-state index is 9.70. The average molecular weight is 128 g/mol. The van der Waals surface area contributed by atoms with Gasteiger partial charge in [-0.2, -0.15) is 0 Å². The summed E-state index contributed by atoms with van der Waals surface area (Å²) in [5.74, 6) is 0. The van der Waals surface area contributed by atoms with Gasteiger partial charge in [-0.15, -0.1) is 0 Å². The van der Waals surface area contributed by atoms with Crippen LogP contribution < -0.4 is 0 Å². The Morgan fingerprint density at radius 3 is 2.56 bits per heavy atom. The molecule has 0 aliphatic heterocycles. The number of allylic oxidation sites excluding steroid dienone is 1. The Balaban J connectivity index is 3.47. The Morgan fingerprint density at radius 1 is 1.44 bits per heavy atom. The standard InChI is InChI=1S/C6H8O3/c7-4-1-2-6(9)3-5-8/h1-2,4-6,9H,3H2. The lowest BCUT2D eigenvalue weighted by molar-refractivity contribution is -0.109. The lowest BCUT2D eigenvalue weighted by Gasteiger charge is -1.94. The second-order valence-corrected chi connectivity index (χ2v) is 1.49. The van der Waals surface area contributed by atoms with Crippen molar-refractivity contribution in [3.63, 3.8) is 0 Å². The minimum absolute atomic E-state index is 0.0460. The van der Waals surface area contributed by atoms with Gasteiger partial charge in [0.05, 0.1) is 6.10 Å². The molecule has 0 saturated heterocycles. The van der Waals surface area contributed by atoms with Crippen LogP contribution in [0.3, 0.4) is 0 Å². The van der Waals surface area contributed by atoms with Crippen LogP contribution in [0.15, 0.2) is 12.2 Å². The third-order valence-corrected chi connectivity index (χ3v) is 0.750. The van der Waals surface area contributed by atoms with E-state index in [4.69, 9.17) is 5.11 Å². The molecule has 1 atom stereocenters. The highest BCUT2D eigenvalue weighted by Gasteiger charge is 1.93. The zero-order valence-electron chi connectivity index (χ0n) is 4.86. The molecule has 0 saturated carbocycles. The van der Waals surface area contributed by atoms with Gasteiger partial charge in [-0.3, -0.25) is 4.79 Å². The van der Waals surface area contributed by atoms with Crippen LogP contribution in [0.25, 0.3) is 0 Å². The molecule has 0 amide bonds. The van der Waals surface area contributed by atoms with Gasteiger partial charge in [0.1, 0.15) is 12.6 Å². The molecule has 50 valence electrons. The van der Waals surface area contributed by atoms with Crippen LogP contribution in [-0.4, -0.2) is 23.8 Å². The number of aldehydes is 2. The second-order valence-electron chi connectivity index (χ2n) is 1.49. The van der Waals surface area contributed by atoms with Gasteiger partial charge in [0.15, 0.2) is 0 Å². The molecule has 0 fully saturated rings. The molecule has 0 aromatic rings. The minimum Gasteiger partial charge on any atom is -0.389 e. The smallest absolute Gasteiger partial charge is 0.142 e. The Bertz CT molecular complexity index is 117. The van der Waals surface area contributed by atoms with Crippen LogP contribution in [0, 0.1) is 0 Å². The van der Waals surface area contributed by atoms with Crippen LogP contribution in [0.2, 0.25) is 0 Å². The monoisotopic (exact) mass is 128 g/mol. The second kappa shape index (κ2) is 5.18. The Labute approximate surface area is 53.0 Å². The molecule has 3 nitrogen and oxygen atoms in total. The molecule has 1 unspecified atom stereocenters. The summed E-state index contributed by atoms with van der Waals surface area (Å²) in [6.45, 7) is 0. The quantitative estimate of drug-likeness (QED) is 0.417. The van der Waals surface area contributed by atoms with E-state index in [2.05, 4.69) is 0 Å². The summed E-state index contributed by atoms with van der Waals surface area (Å²) in [7, 11) is 0. The van der Waals surface area contributed by atoms with Crippen molar-refractivity contribution < 1.29 is 14.7 Å². The predicted octanol–water partition coefficient (Wildman–Crippen LogP) is -0.309. The predicted molar refractivity (Wildman–Crippen MR) is 31.9 cm³/mol. The molecule has 0 radical (unpaired) electrons. The average Bonchev–Trinajstić information content (AvgIpc) is 1.85. The lowest BCUT2D eigenvalue weighted by atomic mass is 10.2. The lowest BCUT2D eigenvalue weighted by Crippen LogP contribution is -2.01. The molecular weight excluding hydrogens is 120 g/mol. The Morgan fingerprint density at radius 2 is 2.11 bits per heavy atom. The number of aliphatic hydroxyl groups excluding tert-OH is 1. The van der Waals surface area contributed by atoms with Crippen LogP contribution in [0.1, 0.15) is 6.42 Å². The minimum atomic E-state index is -0.812. The van der Waals surface area contributed by atoms with Crippen LogP contribution in [0.5, 0.6) is 0 Å². The Hall–Kier alpha value is -0.960. The first-order valence-electron chi connectivity index (χ1n) is 2.55. The van der Waals surface area contributed by atoms with Crippen molar-refractivity contribution in [1.29, 1.82) is 0 Å². The summed E-state index contributed by atoms with van der Waals surface area (Å²) in [5.41, 5.74) is 0. The van der Waals surface area contributed by atoms with Crippen LogP contribution >= 0.6 is 0 Å². The zero-order valence-corrected chi connectivity index (χ0v) is 4.86. The zero-order chi connectivity index (χ0) is 7.11. The van der Waals surface area contributed by atoms with Gasteiger partial charge in [0.25, 0.3) is 0 Å². The van der Waals surface area contributed by atoms with Gasteiger partial charge >= 0.3 is 0 Å². The van der Waals surface area contributed by atoms with E-state index in [1.54, 1.807) is 0 Å². The normalized spacial score (nSPS) is 13.4. The van der Waals surface area contributed by atoms with Gasteiger partial charge < -0.3 is 9.90 Å². The van der Waals surface area contributed by atoms with E-state index in [0.717, 1.165) is 6.08 Å². The first kappa shape index (κ1) is 8.04. The number of aliphatic hydroxyl groups is 1. The van der Waals surface area contributed by atoms with E-state index in [1.807, 2.05) is 0 Å². The maximum atomic E-state index is 9.70. The molecule has 0 aromatic heterocycles. The molecule has 1 N–H and O–H groups in total. The van der Waals surface area contributed by atoms with Gasteiger partial charge in [0.2, 0.25) is 0 Å². The number of hydrogen-bond acceptors (Lipinski definition) is 3. The van der Waals surface area contributed by atoms with Crippen LogP contribution in [-0.2, 0) is 9.59 Å². The highest BCUT2D eigenvalue weighted by molar-refractivity contribution is 5.65. The van der Waals surface area contributed by atoms with Crippen LogP contribution in [0.4, 0.5) is 0 Å². The van der Waals surface area contributed by atoms with Crippen molar-refractivity contribution in [2.45, 2.75) is 12.5 Å². The molecule has 0 aromatic carbocycles. The Kier molecular flexibility index (Phi) is 4.63. The number of carbonyl (C=O) groups is 2. The van der Waals surface area contributed by atoms with E-state index in [9.17, 15) is 9.59 Å². The highest BCUT2D eigenvalue weighted by Crippen LogP contribution is 1.87. The summed E-state index contributed by atoms with van der Waals surface area (Å²) in [4.78, 5) is 19.3. The summed E-state index contributed by atoms with van der Waals surface area (Å²) >= 11 is 0. The molecule has 0 spiro atoms. The number of hydrogen-bond donors (Lipinski definition) is 1. The van der Waals surface area contributed by atoms with Crippen molar-refractivity contribution in [1.82, 2.24) is 0 Å². The topological polar surface area (TPSA) is 54.4 Å². The summed E-state index contributed by atoms with van der Waals surface area (Å²) in [6, 6.07) is 0. The third-order valence-electron chi connectivity index (χ3n) is 0.750. The molecule has 9 heavy (non-hydrogen) atoms. The summed E-state index contributed by atoms with van der Waals surface area (Å²) in [6.07, 6.45) is 2.81. The highest BCUT2D eigenvalue weighted by atomic mass is 16.3. The first-order valence-corrected chi connectivity index (χ1v) is 2.55. The fourth-order valence-electron chi connectivity index (χ4n) is 0.351. The number of carbonyl (C=O) groups excluding carboxylic acids is 2. The molecule has 0 heterocycles. The van der Waals surface area contributed by atoms with Gasteiger partial charge in [0, 0.05) is 6.42 Å². The summed E-state index contributed by atoms with van der Waals surface area (Å²) < 4.78 is 0.